The van der Waals surface area contributed by atoms with Gasteiger partial charge in [0.1, 0.15) is 34.8 Å². The van der Waals surface area contributed by atoms with Crippen LogP contribution < -0.4 is 21.5 Å². The third-order valence-corrected chi connectivity index (χ3v) is 7.94. The van der Waals surface area contributed by atoms with Crippen LogP contribution in [-0.4, -0.2) is 15.9 Å². The Labute approximate surface area is 231 Å². The summed E-state index contributed by atoms with van der Waals surface area (Å²) in [6.07, 6.45) is 0. The second kappa shape index (κ2) is 9.66. The van der Waals surface area contributed by atoms with E-state index in [0.717, 1.165) is 11.8 Å². The number of halogens is 2. The molecule has 0 radical (unpaired) electrons. The molecular formula is C29H20F2N6O2S. The fourth-order valence-corrected chi connectivity index (χ4v) is 6.09. The number of thioether (sulfide) groups is 1. The SMILES string of the molecule is N#CC1=C(N)Nc2nc(SCc3ccccc3F)[nH]c(=O)c2[C@@]12C(=O)N(Cc1ccc(F)cc1)c1ccccc12. The first-order valence-electron chi connectivity index (χ1n) is 12.2. The number of nitrogens with one attached hydrogen (secondary N) is 2. The molecule has 0 aliphatic carbocycles. The van der Waals surface area contributed by atoms with Crippen LogP contribution in [-0.2, 0) is 22.5 Å². The van der Waals surface area contributed by atoms with Gasteiger partial charge in [0.05, 0.1) is 17.7 Å². The Morgan fingerprint density at radius 1 is 1.02 bits per heavy atom. The highest BCUT2D eigenvalue weighted by molar-refractivity contribution is 7.98. The van der Waals surface area contributed by atoms with Crippen LogP contribution in [0.1, 0.15) is 22.3 Å². The summed E-state index contributed by atoms with van der Waals surface area (Å²) < 4.78 is 27.7. The van der Waals surface area contributed by atoms with E-state index in [0.29, 0.717) is 22.4 Å². The number of rotatable bonds is 5. The molecule has 1 spiro atoms. The van der Waals surface area contributed by atoms with Crippen LogP contribution in [0.2, 0.25) is 0 Å². The number of amides is 1. The van der Waals surface area contributed by atoms with E-state index in [4.69, 9.17) is 5.73 Å². The van der Waals surface area contributed by atoms with Crippen molar-refractivity contribution in [2.75, 3.05) is 10.2 Å². The first-order valence-corrected chi connectivity index (χ1v) is 13.2. The summed E-state index contributed by atoms with van der Waals surface area (Å²) in [6.45, 7) is 0.0706. The number of nitriles is 1. The van der Waals surface area contributed by atoms with Gasteiger partial charge in [-0.3, -0.25) is 9.59 Å². The van der Waals surface area contributed by atoms with Crippen molar-refractivity contribution < 1.29 is 13.6 Å². The van der Waals surface area contributed by atoms with Crippen molar-refractivity contribution in [1.82, 2.24) is 9.97 Å². The highest BCUT2D eigenvalue weighted by atomic mass is 32.2. The number of fused-ring (bicyclic) bond motifs is 4. The second-order valence-electron chi connectivity index (χ2n) is 9.29. The third-order valence-electron chi connectivity index (χ3n) is 7.02. The zero-order chi connectivity index (χ0) is 28.0. The quantitative estimate of drug-likeness (QED) is 0.248. The predicted octanol–water partition coefficient (Wildman–Crippen LogP) is 4.29. The lowest BCUT2D eigenvalue weighted by Crippen LogP contribution is -2.49. The number of hydrogen-bond donors (Lipinski definition) is 3. The highest BCUT2D eigenvalue weighted by Gasteiger charge is 2.60. The minimum atomic E-state index is -1.86. The van der Waals surface area contributed by atoms with Crippen LogP contribution >= 0.6 is 11.8 Å². The molecule has 0 bridgehead atoms. The Hall–Kier alpha value is -4.95. The van der Waals surface area contributed by atoms with Crippen molar-refractivity contribution >= 4 is 29.2 Å². The van der Waals surface area contributed by atoms with Gasteiger partial charge < -0.3 is 20.9 Å². The topological polar surface area (TPSA) is 128 Å². The largest absolute Gasteiger partial charge is 0.384 e. The van der Waals surface area contributed by atoms with E-state index in [1.165, 1.54) is 23.1 Å². The van der Waals surface area contributed by atoms with Crippen LogP contribution in [0.4, 0.5) is 20.3 Å². The summed E-state index contributed by atoms with van der Waals surface area (Å²) in [5.41, 5.74) is 5.60. The number of carbonyl (C=O) groups is 1. The zero-order valence-electron chi connectivity index (χ0n) is 20.7. The number of aromatic nitrogens is 2. The van der Waals surface area contributed by atoms with Gasteiger partial charge in [-0.2, -0.15) is 5.26 Å². The number of nitrogens with two attached hydrogens (primary N) is 1. The minimum absolute atomic E-state index is 0.0306. The fraction of sp³-hybridized carbons (Fsp3) is 0.103. The number of nitrogens with zero attached hydrogens (tertiary/aromatic N) is 3. The van der Waals surface area contributed by atoms with E-state index in [-0.39, 0.29) is 46.0 Å². The molecule has 1 aromatic heterocycles. The van der Waals surface area contributed by atoms with E-state index >= 15 is 0 Å². The molecule has 2 aliphatic rings. The molecule has 0 unspecified atom stereocenters. The van der Waals surface area contributed by atoms with Crippen LogP contribution in [0.3, 0.4) is 0 Å². The van der Waals surface area contributed by atoms with Gasteiger partial charge in [-0.15, -0.1) is 0 Å². The summed E-state index contributed by atoms with van der Waals surface area (Å²) in [5, 5.41) is 13.2. The summed E-state index contributed by atoms with van der Waals surface area (Å²) in [4.78, 5) is 36.9. The number of hydrogen-bond acceptors (Lipinski definition) is 7. The Morgan fingerprint density at radius 3 is 2.50 bits per heavy atom. The second-order valence-corrected chi connectivity index (χ2v) is 10.2. The van der Waals surface area contributed by atoms with Gasteiger partial charge in [0.15, 0.2) is 5.16 Å². The van der Waals surface area contributed by atoms with Crippen LogP contribution in [0.25, 0.3) is 0 Å². The Bertz CT molecular complexity index is 1810. The molecule has 0 saturated carbocycles. The van der Waals surface area contributed by atoms with Gasteiger partial charge >= 0.3 is 0 Å². The molecule has 11 heteroatoms. The summed E-state index contributed by atoms with van der Waals surface area (Å²) in [7, 11) is 0. The Balaban J connectivity index is 1.49. The molecule has 3 aromatic carbocycles. The summed E-state index contributed by atoms with van der Waals surface area (Å²) >= 11 is 1.11. The molecule has 2 aliphatic heterocycles. The molecular weight excluding hydrogens is 534 g/mol. The predicted molar refractivity (Wildman–Crippen MR) is 146 cm³/mol. The molecule has 1 amide bonds. The van der Waals surface area contributed by atoms with Crippen molar-refractivity contribution in [3.05, 3.63) is 128 Å². The number of benzene rings is 3. The molecule has 0 saturated heterocycles. The van der Waals surface area contributed by atoms with Gasteiger partial charge in [-0.1, -0.05) is 60.3 Å². The van der Waals surface area contributed by atoms with Gasteiger partial charge in [-0.05, 0) is 35.4 Å². The van der Waals surface area contributed by atoms with Gasteiger partial charge in [0, 0.05) is 17.0 Å². The van der Waals surface area contributed by atoms with Crippen molar-refractivity contribution in [3.63, 3.8) is 0 Å². The molecule has 1 atom stereocenters. The standard InChI is InChI=1S/C29H20F2N6O2S/c30-18-11-9-16(10-12-18)14-37-22-8-4-2-6-19(22)29(27(37)39)20(13-32)24(33)34-25-23(29)26(38)36-28(35-25)40-15-17-5-1-3-7-21(17)31/h1-12H,14-15,33H2,(H2,34,35,36,38)/t29-/m0/s1. The van der Waals surface area contributed by atoms with Gasteiger partial charge in [0.25, 0.3) is 5.56 Å². The number of H-pyrrole nitrogens is 1. The van der Waals surface area contributed by atoms with Crippen LogP contribution in [0.5, 0.6) is 0 Å². The monoisotopic (exact) mass is 554 g/mol. The van der Waals surface area contributed by atoms with Crippen molar-refractivity contribution in [2.45, 2.75) is 22.9 Å². The number of carbonyl (C=O) groups excluding carboxylic acids is 1. The maximum atomic E-state index is 14.4. The van der Waals surface area contributed by atoms with Crippen molar-refractivity contribution in [3.8, 4) is 6.07 Å². The maximum absolute atomic E-state index is 14.4. The normalized spacial score (nSPS) is 17.4. The van der Waals surface area contributed by atoms with E-state index in [9.17, 15) is 23.6 Å². The molecule has 0 fully saturated rings. The summed E-state index contributed by atoms with van der Waals surface area (Å²) in [5.74, 6) is -1.23. The average molecular weight is 555 g/mol. The number of anilines is 2. The molecule has 3 heterocycles. The highest BCUT2D eigenvalue weighted by Crippen LogP contribution is 2.53. The van der Waals surface area contributed by atoms with E-state index in [1.54, 1.807) is 54.6 Å². The molecule has 4 aromatic rings. The molecule has 6 rings (SSSR count). The van der Waals surface area contributed by atoms with Gasteiger partial charge in [-0.25, -0.2) is 13.8 Å². The minimum Gasteiger partial charge on any atom is -0.384 e. The number of aromatic amines is 1. The Kier molecular flexibility index (Phi) is 6.12. The van der Waals surface area contributed by atoms with E-state index in [1.807, 2.05) is 0 Å². The first-order chi connectivity index (χ1) is 19.3. The third kappa shape index (κ3) is 3.84. The lowest BCUT2D eigenvalue weighted by Gasteiger charge is -2.34. The summed E-state index contributed by atoms with van der Waals surface area (Å²) in [6, 6.07) is 20.9. The lowest BCUT2D eigenvalue weighted by molar-refractivity contribution is -0.120. The smallest absolute Gasteiger partial charge is 0.258 e. The fourth-order valence-electron chi connectivity index (χ4n) is 5.25. The average Bonchev–Trinajstić information content (AvgIpc) is 3.17. The molecule has 40 heavy (non-hydrogen) atoms. The van der Waals surface area contributed by atoms with Gasteiger partial charge in [0.2, 0.25) is 5.91 Å². The molecule has 4 N–H and O–H groups in total. The maximum Gasteiger partial charge on any atom is 0.258 e. The molecule has 8 nitrogen and oxygen atoms in total. The van der Waals surface area contributed by atoms with Crippen LogP contribution in [0, 0.1) is 23.0 Å². The van der Waals surface area contributed by atoms with E-state index in [2.05, 4.69) is 21.4 Å². The lowest BCUT2D eigenvalue weighted by atomic mass is 9.69. The molecule has 198 valence electrons. The van der Waals surface area contributed by atoms with E-state index < -0.39 is 22.7 Å². The van der Waals surface area contributed by atoms with Crippen LogP contribution in [0.15, 0.2) is 94.1 Å². The number of para-hydroxylation sites is 1. The van der Waals surface area contributed by atoms with Crippen molar-refractivity contribution in [2.24, 2.45) is 5.73 Å². The zero-order valence-corrected chi connectivity index (χ0v) is 21.6. The van der Waals surface area contributed by atoms with Crippen molar-refractivity contribution in [1.29, 1.82) is 5.26 Å². The first kappa shape index (κ1) is 25.3. The Morgan fingerprint density at radius 2 is 1.75 bits per heavy atom.